The second-order valence-electron chi connectivity index (χ2n) is 8.65. The van der Waals surface area contributed by atoms with Crippen molar-refractivity contribution in [3.63, 3.8) is 0 Å². The van der Waals surface area contributed by atoms with Gasteiger partial charge in [0.05, 0.1) is 17.4 Å². The molecule has 6 nitrogen and oxygen atoms in total. The van der Waals surface area contributed by atoms with Crippen LogP contribution < -0.4 is 15.8 Å². The number of rotatable bonds is 4. The Morgan fingerprint density at radius 3 is 2.55 bits per heavy atom. The van der Waals surface area contributed by atoms with Crippen LogP contribution in [0.1, 0.15) is 53.1 Å². The first-order chi connectivity index (χ1) is 13.4. The fourth-order valence-electron chi connectivity index (χ4n) is 5.09. The minimum Gasteiger partial charge on any atom is -0.477 e. The molecule has 0 bridgehead atoms. The number of likely N-dealkylation sites (N-methyl/N-ethyl adjacent to an activating group) is 1. The molecule has 2 aromatic rings. The van der Waals surface area contributed by atoms with Gasteiger partial charge in [-0.15, -0.1) is 12.4 Å². The molecule has 1 spiro atoms. The van der Waals surface area contributed by atoms with Crippen molar-refractivity contribution >= 4 is 29.6 Å². The SMILES string of the molecule is CN[C@@H]1CN(c2c(F)cn3c(=O)c(C(=O)O)cc(C4CC4)c3c2C)CC12CC2.Cl. The highest BCUT2D eigenvalue weighted by Gasteiger charge is 2.55. The number of halogens is 2. The number of carbonyl (C=O) groups is 1. The number of carboxylic acid groups (broad SMARTS) is 1. The zero-order valence-corrected chi connectivity index (χ0v) is 17.3. The molecule has 2 aliphatic carbocycles. The Morgan fingerprint density at radius 2 is 2.03 bits per heavy atom. The van der Waals surface area contributed by atoms with Crippen molar-refractivity contribution in [2.24, 2.45) is 5.41 Å². The second kappa shape index (κ2) is 6.71. The molecule has 0 radical (unpaired) electrons. The van der Waals surface area contributed by atoms with E-state index in [9.17, 15) is 14.7 Å². The zero-order chi connectivity index (χ0) is 19.8. The molecule has 0 unspecified atom stereocenters. The summed E-state index contributed by atoms with van der Waals surface area (Å²) in [5.41, 5.74) is 2.06. The van der Waals surface area contributed by atoms with Crippen molar-refractivity contribution in [2.45, 2.75) is 44.6 Å². The third-order valence-electron chi connectivity index (χ3n) is 6.89. The van der Waals surface area contributed by atoms with E-state index in [2.05, 4.69) is 10.2 Å². The van der Waals surface area contributed by atoms with Crippen molar-refractivity contribution in [3.05, 3.63) is 45.1 Å². The first-order valence-electron chi connectivity index (χ1n) is 9.90. The predicted molar refractivity (Wildman–Crippen MR) is 111 cm³/mol. The molecular formula is C21H25ClFN3O3. The van der Waals surface area contributed by atoms with Crippen molar-refractivity contribution < 1.29 is 14.3 Å². The van der Waals surface area contributed by atoms with Crippen molar-refractivity contribution in [1.82, 2.24) is 9.72 Å². The molecule has 3 fully saturated rings. The summed E-state index contributed by atoms with van der Waals surface area (Å²) in [6.45, 7) is 3.40. The van der Waals surface area contributed by atoms with E-state index >= 15 is 4.39 Å². The molecule has 3 heterocycles. The highest BCUT2D eigenvalue weighted by Crippen LogP contribution is 2.54. The van der Waals surface area contributed by atoms with Crippen LogP contribution in [0, 0.1) is 18.2 Å². The molecule has 2 N–H and O–H groups in total. The largest absolute Gasteiger partial charge is 0.477 e. The van der Waals surface area contributed by atoms with Gasteiger partial charge in [0.15, 0.2) is 5.82 Å². The molecule has 5 rings (SSSR count). The minimum absolute atomic E-state index is 0. The lowest BCUT2D eigenvalue weighted by molar-refractivity contribution is 0.0694. The average molecular weight is 422 g/mol. The second-order valence-corrected chi connectivity index (χ2v) is 8.65. The van der Waals surface area contributed by atoms with E-state index in [1.165, 1.54) is 16.7 Å². The predicted octanol–water partition coefficient (Wildman–Crippen LogP) is 2.93. The summed E-state index contributed by atoms with van der Waals surface area (Å²) >= 11 is 0. The highest BCUT2D eigenvalue weighted by atomic mass is 35.5. The van der Waals surface area contributed by atoms with Crippen LogP contribution in [0.2, 0.25) is 0 Å². The van der Waals surface area contributed by atoms with Gasteiger partial charge in [-0.25, -0.2) is 9.18 Å². The van der Waals surface area contributed by atoms with Gasteiger partial charge in [-0.2, -0.15) is 0 Å². The summed E-state index contributed by atoms with van der Waals surface area (Å²) in [4.78, 5) is 26.3. The Morgan fingerprint density at radius 1 is 1.34 bits per heavy atom. The maximum atomic E-state index is 15.2. The number of fused-ring (bicyclic) bond motifs is 1. The molecular weight excluding hydrogens is 397 g/mol. The van der Waals surface area contributed by atoms with Gasteiger partial charge in [0.25, 0.3) is 5.56 Å². The van der Waals surface area contributed by atoms with Gasteiger partial charge in [0, 0.05) is 24.5 Å². The Kier molecular flexibility index (Phi) is 4.66. The van der Waals surface area contributed by atoms with Crippen LogP contribution in [0.4, 0.5) is 10.1 Å². The van der Waals surface area contributed by atoms with Crippen LogP contribution in [0.5, 0.6) is 0 Å². The zero-order valence-electron chi connectivity index (χ0n) is 16.5. The van der Waals surface area contributed by atoms with E-state index in [1.54, 1.807) is 0 Å². The van der Waals surface area contributed by atoms with Crippen LogP contribution in [0.3, 0.4) is 0 Å². The van der Waals surface area contributed by atoms with E-state index in [1.807, 2.05) is 14.0 Å². The van der Waals surface area contributed by atoms with Crippen LogP contribution in [0.25, 0.3) is 5.52 Å². The molecule has 156 valence electrons. The summed E-state index contributed by atoms with van der Waals surface area (Å²) in [5.74, 6) is -1.50. The molecule has 8 heteroatoms. The quantitative estimate of drug-likeness (QED) is 0.794. The summed E-state index contributed by atoms with van der Waals surface area (Å²) in [6.07, 6.45) is 5.42. The Balaban J connectivity index is 0.00000205. The number of aromatic nitrogens is 1. The summed E-state index contributed by atoms with van der Waals surface area (Å²) < 4.78 is 16.4. The molecule has 1 atom stereocenters. The smallest absolute Gasteiger partial charge is 0.341 e. The normalized spacial score (nSPS) is 22.2. The monoisotopic (exact) mass is 421 g/mol. The number of carboxylic acids is 1. The first kappa shape index (κ1) is 20.2. The van der Waals surface area contributed by atoms with E-state index in [4.69, 9.17) is 0 Å². The maximum Gasteiger partial charge on any atom is 0.341 e. The lowest BCUT2D eigenvalue weighted by Gasteiger charge is -2.24. The van der Waals surface area contributed by atoms with Crippen LogP contribution in [-0.4, -0.2) is 41.7 Å². The number of aromatic carboxylic acids is 1. The van der Waals surface area contributed by atoms with Crippen molar-refractivity contribution in [2.75, 3.05) is 25.0 Å². The number of nitrogens with zero attached hydrogens (tertiary/aromatic N) is 2. The van der Waals surface area contributed by atoms with Gasteiger partial charge in [-0.3, -0.25) is 9.20 Å². The fraction of sp³-hybridized carbons (Fsp3) is 0.524. The Bertz CT molecular complexity index is 1080. The molecule has 1 saturated heterocycles. The van der Waals surface area contributed by atoms with Gasteiger partial charge in [0.2, 0.25) is 0 Å². The lowest BCUT2D eigenvalue weighted by atomic mass is 10.0. The Labute approximate surface area is 174 Å². The third kappa shape index (κ3) is 2.94. The molecule has 29 heavy (non-hydrogen) atoms. The van der Waals surface area contributed by atoms with Crippen molar-refractivity contribution in [3.8, 4) is 0 Å². The molecule has 0 aromatic carbocycles. The van der Waals surface area contributed by atoms with Crippen LogP contribution in [-0.2, 0) is 0 Å². The fourth-order valence-corrected chi connectivity index (χ4v) is 5.09. The Hall–Kier alpha value is -2.12. The van der Waals surface area contributed by atoms with Crippen LogP contribution >= 0.6 is 12.4 Å². The molecule has 2 saturated carbocycles. The number of aryl methyl sites for hydroxylation is 1. The van der Waals surface area contributed by atoms with Gasteiger partial charge in [0.1, 0.15) is 5.56 Å². The van der Waals surface area contributed by atoms with Gasteiger partial charge in [-0.1, -0.05) is 0 Å². The van der Waals surface area contributed by atoms with Crippen LogP contribution in [0.15, 0.2) is 17.1 Å². The molecule has 0 amide bonds. The number of hydrogen-bond donors (Lipinski definition) is 2. The molecule has 3 aliphatic rings. The van der Waals surface area contributed by atoms with E-state index in [0.29, 0.717) is 17.2 Å². The lowest BCUT2D eigenvalue weighted by Crippen LogP contribution is -2.34. The van der Waals surface area contributed by atoms with E-state index in [0.717, 1.165) is 49.9 Å². The number of hydrogen-bond acceptors (Lipinski definition) is 4. The maximum absolute atomic E-state index is 15.2. The standard InChI is InChI=1S/C21H24FN3O3.ClH/c1-11-17-13(12-3-4-12)7-14(20(27)28)19(26)25(17)8-15(22)18(11)24-9-16(23-2)21(10-24)5-6-21;/h7-8,12,16,23H,3-6,9-10H2,1-2H3,(H,27,28);1H/t16-;/m1./s1. The van der Waals surface area contributed by atoms with Gasteiger partial charge >= 0.3 is 5.97 Å². The van der Waals surface area contributed by atoms with E-state index in [-0.39, 0.29) is 29.3 Å². The molecule has 1 aliphatic heterocycles. The summed E-state index contributed by atoms with van der Waals surface area (Å²) in [6, 6.07) is 1.84. The average Bonchev–Trinajstić information content (AvgIpc) is 3.54. The van der Waals surface area contributed by atoms with Crippen molar-refractivity contribution in [1.29, 1.82) is 0 Å². The number of anilines is 1. The number of nitrogens with one attached hydrogen (secondary N) is 1. The minimum atomic E-state index is -1.27. The molecule has 2 aromatic heterocycles. The summed E-state index contributed by atoms with van der Waals surface area (Å²) in [5, 5.41) is 12.8. The third-order valence-corrected chi connectivity index (χ3v) is 6.89. The first-order valence-corrected chi connectivity index (χ1v) is 9.90. The number of pyridine rings is 2. The van der Waals surface area contributed by atoms with Gasteiger partial charge in [-0.05, 0) is 62.8 Å². The highest BCUT2D eigenvalue weighted by molar-refractivity contribution is 5.89. The van der Waals surface area contributed by atoms with E-state index < -0.39 is 17.3 Å². The topological polar surface area (TPSA) is 74.0 Å². The van der Waals surface area contributed by atoms with Gasteiger partial charge < -0.3 is 15.3 Å². The summed E-state index contributed by atoms with van der Waals surface area (Å²) in [7, 11) is 1.95.